The molecule has 13 aromatic rings. The minimum atomic E-state index is 0.295. The predicted molar refractivity (Wildman–Crippen MR) is 277 cm³/mol. The number of rotatable bonds is 3. The minimum absolute atomic E-state index is 0.295. The van der Waals surface area contributed by atoms with Gasteiger partial charge < -0.3 is 4.40 Å². The summed E-state index contributed by atoms with van der Waals surface area (Å²) in [5, 5.41) is 19.2. The molecule has 0 N–H and O–H groups in total. The number of fused-ring (bicyclic) bond motifs is 16. The fraction of sp³-hybridized carbons (Fsp3) is 0.125. The maximum atomic E-state index is 2.64. The van der Waals surface area contributed by atoms with E-state index in [1.165, 1.54) is 136 Å². The van der Waals surface area contributed by atoms with Gasteiger partial charge in [-0.25, -0.2) is 0 Å². The SMILES string of the molecule is CC1c2cc3c(cc2-c2c(ccc4ccccc24)CC1c1ccccc1)c1cc2ccccc2c2c1c1c(cccc31)C(C(C)c1ccc3c(c1)c1cccc4c5ccccc5n3c41)C2. The standard InChI is InChI=1S/C64H45N/c1-36(40-28-29-60-55(30-40)49-24-13-23-48-45-20-10-11-25-59(45)65(60)64(48)49)51-34-57-43-18-8-7-17-41(43)31-56-54-35-58-52(33-53(54)47-22-12-21-46(51)62(47)63(56)57)37(2)50(38-14-4-3-5-15-38)32-42-27-26-39-16-6-9-19-44(39)61(42)58/h3-31,33,35-37,50-51H,32,34H2,1-2H3. The Morgan fingerprint density at radius 3 is 2.03 bits per heavy atom. The monoisotopic (exact) mass is 827 g/mol. The zero-order valence-corrected chi connectivity index (χ0v) is 36.6. The molecule has 0 saturated carbocycles. The van der Waals surface area contributed by atoms with Crippen LogP contribution in [0.5, 0.6) is 0 Å². The van der Waals surface area contributed by atoms with Crippen LogP contribution in [0.2, 0.25) is 0 Å². The van der Waals surface area contributed by atoms with Crippen molar-refractivity contribution in [2.75, 3.05) is 0 Å². The van der Waals surface area contributed by atoms with Crippen LogP contribution in [0.25, 0.3) is 103 Å². The molecule has 0 aliphatic heterocycles. The van der Waals surface area contributed by atoms with E-state index in [1.54, 1.807) is 0 Å². The topological polar surface area (TPSA) is 4.41 Å². The van der Waals surface area contributed by atoms with Gasteiger partial charge in [0.25, 0.3) is 0 Å². The van der Waals surface area contributed by atoms with E-state index in [-0.39, 0.29) is 0 Å². The van der Waals surface area contributed by atoms with Crippen LogP contribution in [0.15, 0.2) is 188 Å². The van der Waals surface area contributed by atoms with Crippen LogP contribution in [0.3, 0.4) is 0 Å². The molecule has 0 amide bonds. The molecule has 15 rings (SSSR count). The maximum Gasteiger partial charge on any atom is 0.0620 e. The van der Waals surface area contributed by atoms with E-state index in [0.717, 1.165) is 12.8 Å². The van der Waals surface area contributed by atoms with E-state index in [0.29, 0.717) is 23.7 Å². The summed E-state index contributed by atoms with van der Waals surface area (Å²) >= 11 is 0. The van der Waals surface area contributed by atoms with E-state index >= 15 is 0 Å². The molecule has 2 aliphatic rings. The average molecular weight is 828 g/mol. The Balaban J connectivity index is 0.993. The molecule has 2 aliphatic carbocycles. The molecule has 1 heteroatoms. The summed E-state index contributed by atoms with van der Waals surface area (Å²) in [5.41, 5.74) is 15.5. The van der Waals surface area contributed by atoms with E-state index < -0.39 is 0 Å². The van der Waals surface area contributed by atoms with Gasteiger partial charge in [0.2, 0.25) is 0 Å². The summed E-state index contributed by atoms with van der Waals surface area (Å²) < 4.78 is 2.50. The van der Waals surface area contributed by atoms with Crippen LogP contribution in [-0.2, 0) is 12.8 Å². The van der Waals surface area contributed by atoms with Crippen LogP contribution in [-0.4, -0.2) is 4.40 Å². The highest BCUT2D eigenvalue weighted by atomic mass is 14.9. The van der Waals surface area contributed by atoms with Crippen molar-refractivity contribution in [1.29, 1.82) is 0 Å². The van der Waals surface area contributed by atoms with Gasteiger partial charge in [-0.2, -0.15) is 0 Å². The number of para-hydroxylation sites is 2. The summed E-state index contributed by atoms with van der Waals surface area (Å²) in [6.07, 6.45) is 2.01. The Morgan fingerprint density at radius 2 is 1.15 bits per heavy atom. The van der Waals surface area contributed by atoms with Crippen LogP contribution in [0.1, 0.15) is 70.9 Å². The van der Waals surface area contributed by atoms with Crippen LogP contribution < -0.4 is 0 Å². The van der Waals surface area contributed by atoms with Crippen LogP contribution in [0, 0.1) is 0 Å². The molecule has 306 valence electrons. The van der Waals surface area contributed by atoms with Crippen molar-refractivity contribution in [1.82, 2.24) is 4.40 Å². The largest absolute Gasteiger partial charge is 0.308 e. The Kier molecular flexibility index (Phi) is 7.22. The molecule has 1 nitrogen and oxygen atoms in total. The number of hydrogen-bond donors (Lipinski definition) is 0. The first-order valence-corrected chi connectivity index (χ1v) is 23.7. The molecular formula is C64H45N. The van der Waals surface area contributed by atoms with Gasteiger partial charge in [0.1, 0.15) is 0 Å². The summed E-state index contributed by atoms with van der Waals surface area (Å²) in [7, 11) is 0. The first kappa shape index (κ1) is 35.9. The first-order valence-electron chi connectivity index (χ1n) is 23.7. The summed E-state index contributed by atoms with van der Waals surface area (Å²) in [6.45, 7) is 4.99. The molecular weight excluding hydrogens is 783 g/mol. The number of aromatic nitrogens is 1. The molecule has 65 heavy (non-hydrogen) atoms. The maximum absolute atomic E-state index is 2.64. The molecule has 0 radical (unpaired) electrons. The minimum Gasteiger partial charge on any atom is -0.308 e. The van der Waals surface area contributed by atoms with Gasteiger partial charge in [0, 0.05) is 21.5 Å². The normalized spacial score (nSPS) is 17.7. The second-order valence-corrected chi connectivity index (χ2v) is 19.5. The van der Waals surface area contributed by atoms with Gasteiger partial charge in [-0.05, 0) is 171 Å². The van der Waals surface area contributed by atoms with E-state index in [4.69, 9.17) is 0 Å². The van der Waals surface area contributed by atoms with Gasteiger partial charge in [-0.1, -0.05) is 166 Å². The molecule has 4 atom stereocenters. The highest BCUT2D eigenvalue weighted by Gasteiger charge is 2.34. The van der Waals surface area contributed by atoms with Crippen molar-refractivity contribution in [2.45, 2.75) is 50.4 Å². The second-order valence-electron chi connectivity index (χ2n) is 19.5. The van der Waals surface area contributed by atoms with E-state index in [2.05, 4.69) is 206 Å². The highest BCUT2D eigenvalue weighted by molar-refractivity contribution is 6.31. The zero-order chi connectivity index (χ0) is 42.7. The van der Waals surface area contributed by atoms with Crippen molar-refractivity contribution in [2.24, 2.45) is 0 Å². The summed E-state index contributed by atoms with van der Waals surface area (Å²) in [6, 6.07) is 72.5. The van der Waals surface area contributed by atoms with Crippen LogP contribution in [0.4, 0.5) is 0 Å². The third-order valence-corrected chi connectivity index (χ3v) is 16.5. The second kappa shape index (κ2) is 13.1. The molecule has 0 fully saturated rings. The van der Waals surface area contributed by atoms with Gasteiger partial charge in [0.15, 0.2) is 0 Å². The molecule has 4 unspecified atom stereocenters. The van der Waals surface area contributed by atoms with Crippen molar-refractivity contribution < 1.29 is 0 Å². The third kappa shape index (κ3) is 4.78. The summed E-state index contributed by atoms with van der Waals surface area (Å²) in [5.74, 6) is 1.28. The molecule has 2 aromatic heterocycles. The van der Waals surface area contributed by atoms with Gasteiger partial charge >= 0.3 is 0 Å². The molecule has 0 bridgehead atoms. The lowest BCUT2D eigenvalue weighted by molar-refractivity contribution is 0.577. The van der Waals surface area contributed by atoms with Crippen molar-refractivity contribution in [3.8, 4) is 11.1 Å². The molecule has 2 heterocycles. The molecule has 0 spiro atoms. The summed E-state index contributed by atoms with van der Waals surface area (Å²) in [4.78, 5) is 0. The van der Waals surface area contributed by atoms with Gasteiger partial charge in [-0.3, -0.25) is 0 Å². The molecule has 11 aromatic carbocycles. The van der Waals surface area contributed by atoms with Crippen molar-refractivity contribution in [3.63, 3.8) is 0 Å². The van der Waals surface area contributed by atoms with Crippen molar-refractivity contribution >= 4 is 92.0 Å². The van der Waals surface area contributed by atoms with Gasteiger partial charge in [-0.15, -0.1) is 0 Å². The fourth-order valence-corrected chi connectivity index (χ4v) is 13.5. The molecule has 0 saturated heterocycles. The lowest BCUT2D eigenvalue weighted by Crippen LogP contribution is -2.16. The third-order valence-electron chi connectivity index (χ3n) is 16.5. The number of benzene rings is 11. The fourth-order valence-electron chi connectivity index (χ4n) is 13.5. The van der Waals surface area contributed by atoms with Gasteiger partial charge in [0.05, 0.1) is 16.6 Å². The zero-order valence-electron chi connectivity index (χ0n) is 36.6. The van der Waals surface area contributed by atoms with E-state index in [9.17, 15) is 0 Å². The Morgan fingerprint density at radius 1 is 0.462 bits per heavy atom. The van der Waals surface area contributed by atoms with E-state index in [1.807, 2.05) is 0 Å². The van der Waals surface area contributed by atoms with Crippen LogP contribution >= 0.6 is 0 Å². The Hall–Kier alpha value is -7.48. The lowest BCUT2D eigenvalue weighted by Gasteiger charge is -2.33. The Labute approximate surface area is 377 Å². The van der Waals surface area contributed by atoms with Crippen molar-refractivity contribution in [3.05, 3.63) is 221 Å². The quantitative estimate of drug-likeness (QED) is 0.123. The Bertz CT molecular complexity index is 4170. The number of nitrogens with zero attached hydrogens (tertiary/aromatic N) is 1. The smallest absolute Gasteiger partial charge is 0.0620 e. The first-order chi connectivity index (χ1) is 32.1. The predicted octanol–water partition coefficient (Wildman–Crippen LogP) is 17.2. The highest BCUT2D eigenvalue weighted by Crippen LogP contribution is 2.54. The average Bonchev–Trinajstić information content (AvgIpc) is 3.84. The number of hydrogen-bond acceptors (Lipinski definition) is 0. The lowest BCUT2D eigenvalue weighted by atomic mass is 9.70.